The van der Waals surface area contributed by atoms with Crippen molar-refractivity contribution < 1.29 is 24.2 Å². The zero-order valence-electron chi connectivity index (χ0n) is 22.4. The van der Waals surface area contributed by atoms with Crippen LogP contribution in [0.25, 0.3) is 6.08 Å². The van der Waals surface area contributed by atoms with E-state index in [4.69, 9.17) is 14.6 Å². The van der Waals surface area contributed by atoms with E-state index in [1.807, 2.05) is 49.4 Å². The van der Waals surface area contributed by atoms with Crippen LogP contribution in [0.4, 0.5) is 5.69 Å². The Labute approximate surface area is 239 Å². The van der Waals surface area contributed by atoms with E-state index in [0.717, 1.165) is 5.56 Å². The molecule has 1 aliphatic heterocycles. The number of carboxylic acids is 1. The van der Waals surface area contributed by atoms with E-state index in [2.05, 4.69) is 10.3 Å². The Morgan fingerprint density at radius 2 is 1.78 bits per heavy atom. The van der Waals surface area contributed by atoms with Crippen LogP contribution >= 0.6 is 11.3 Å². The minimum Gasteiger partial charge on any atom is -0.494 e. The van der Waals surface area contributed by atoms with Gasteiger partial charge in [0.15, 0.2) is 11.4 Å². The molecule has 4 aromatic rings. The fraction of sp³-hybridized carbons (Fsp3) is 0.161. The average molecular weight is 570 g/mol. The molecule has 0 saturated heterocycles. The first-order chi connectivity index (χ1) is 19.8. The largest absolute Gasteiger partial charge is 0.494 e. The number of aromatic nitrogens is 1. The Kier molecular flexibility index (Phi) is 8.11. The Morgan fingerprint density at radius 1 is 1.02 bits per heavy atom. The van der Waals surface area contributed by atoms with Crippen molar-refractivity contribution >= 4 is 35.0 Å². The molecule has 0 unspecified atom stereocenters. The summed E-state index contributed by atoms with van der Waals surface area (Å²) < 4.78 is 12.8. The van der Waals surface area contributed by atoms with E-state index in [-0.39, 0.29) is 11.5 Å². The highest BCUT2D eigenvalue weighted by molar-refractivity contribution is 7.07. The van der Waals surface area contributed by atoms with Crippen molar-refractivity contribution in [1.82, 2.24) is 4.57 Å². The lowest BCUT2D eigenvalue weighted by Crippen LogP contribution is -2.40. The summed E-state index contributed by atoms with van der Waals surface area (Å²) >= 11 is 1.21. The molecule has 41 heavy (non-hydrogen) atoms. The number of benzene rings is 3. The molecule has 0 saturated carbocycles. The topological polar surface area (TPSA) is 119 Å². The van der Waals surface area contributed by atoms with Crippen LogP contribution in [0.5, 0.6) is 11.5 Å². The van der Waals surface area contributed by atoms with Crippen LogP contribution in [0.15, 0.2) is 99.9 Å². The van der Waals surface area contributed by atoms with Crippen molar-refractivity contribution in [2.24, 2.45) is 4.99 Å². The normalized spacial score (nSPS) is 14.7. The zero-order valence-corrected chi connectivity index (χ0v) is 23.2. The summed E-state index contributed by atoms with van der Waals surface area (Å²) in [7, 11) is 0. The molecule has 1 aliphatic rings. The van der Waals surface area contributed by atoms with E-state index >= 15 is 0 Å². The molecule has 10 heteroatoms. The molecule has 0 spiro atoms. The second-order valence-electron chi connectivity index (χ2n) is 9.16. The molecule has 1 amide bonds. The zero-order chi connectivity index (χ0) is 28.9. The van der Waals surface area contributed by atoms with Gasteiger partial charge in [-0.05, 0) is 67.4 Å². The Bertz CT molecular complexity index is 1810. The minimum absolute atomic E-state index is 0.304. The van der Waals surface area contributed by atoms with E-state index < -0.39 is 18.6 Å². The van der Waals surface area contributed by atoms with Crippen molar-refractivity contribution in [1.29, 1.82) is 0 Å². The molecular formula is C31H27N3O6S. The molecule has 2 heterocycles. The third kappa shape index (κ3) is 6.12. The van der Waals surface area contributed by atoms with Gasteiger partial charge in [-0.2, -0.15) is 0 Å². The van der Waals surface area contributed by atoms with Gasteiger partial charge in [-0.25, -0.2) is 9.79 Å². The standard InChI is InChI=1S/C31H27N3O6S/c1-3-39-23-14-12-21(13-15-23)28-27(29(37)33-22-9-5-4-6-10-22)19(2)32-31-34(28)30(38)25(41-31)17-20-8-7-11-24(16-20)40-18-26(35)36/h4-17,28H,3,18H2,1-2H3,(H,33,37)(H,35,36)/b25-17+/t28-/m1/s1. The number of anilines is 1. The quantitative estimate of drug-likeness (QED) is 0.317. The monoisotopic (exact) mass is 569 g/mol. The number of fused-ring (bicyclic) bond motifs is 1. The number of hydrogen-bond donors (Lipinski definition) is 2. The predicted molar refractivity (Wildman–Crippen MR) is 156 cm³/mol. The van der Waals surface area contributed by atoms with Crippen LogP contribution in [0.3, 0.4) is 0 Å². The van der Waals surface area contributed by atoms with Gasteiger partial charge in [-0.3, -0.25) is 14.2 Å². The van der Waals surface area contributed by atoms with Crippen molar-refractivity contribution in [3.05, 3.63) is 121 Å². The third-order valence-electron chi connectivity index (χ3n) is 6.32. The number of nitrogens with zero attached hydrogens (tertiary/aromatic N) is 2. The lowest BCUT2D eigenvalue weighted by atomic mass is 9.95. The van der Waals surface area contributed by atoms with Crippen LogP contribution in [0, 0.1) is 0 Å². The number of ether oxygens (including phenoxy) is 2. The van der Waals surface area contributed by atoms with E-state index in [1.54, 1.807) is 54.0 Å². The maximum atomic E-state index is 13.9. The number of amides is 1. The molecular weight excluding hydrogens is 542 g/mol. The molecule has 0 radical (unpaired) electrons. The van der Waals surface area contributed by atoms with Gasteiger partial charge in [0.05, 0.1) is 28.5 Å². The molecule has 0 bridgehead atoms. The van der Waals surface area contributed by atoms with Gasteiger partial charge in [-0.15, -0.1) is 0 Å². The summed E-state index contributed by atoms with van der Waals surface area (Å²) in [6.45, 7) is 3.71. The number of para-hydroxylation sites is 1. The van der Waals surface area contributed by atoms with Crippen LogP contribution in [0.2, 0.25) is 0 Å². The summed E-state index contributed by atoms with van der Waals surface area (Å²) in [5, 5.41) is 11.8. The first-order valence-corrected chi connectivity index (χ1v) is 13.7. The highest BCUT2D eigenvalue weighted by Gasteiger charge is 2.32. The molecule has 208 valence electrons. The van der Waals surface area contributed by atoms with E-state index in [1.165, 1.54) is 11.3 Å². The van der Waals surface area contributed by atoms with Crippen molar-refractivity contribution in [2.75, 3.05) is 18.5 Å². The molecule has 0 fully saturated rings. The maximum absolute atomic E-state index is 13.9. The highest BCUT2D eigenvalue weighted by atomic mass is 32.1. The third-order valence-corrected chi connectivity index (χ3v) is 7.31. The number of allylic oxidation sites excluding steroid dienone is 1. The minimum atomic E-state index is -1.08. The summed E-state index contributed by atoms with van der Waals surface area (Å²) in [6, 6.07) is 22.6. The Hall–Kier alpha value is -4.96. The van der Waals surface area contributed by atoms with E-state index in [0.29, 0.717) is 50.0 Å². The van der Waals surface area contributed by atoms with Gasteiger partial charge in [0.25, 0.3) is 11.5 Å². The number of aliphatic carboxylic acids is 1. The molecule has 1 atom stereocenters. The second-order valence-corrected chi connectivity index (χ2v) is 10.2. The predicted octanol–water partition coefficient (Wildman–Crippen LogP) is 3.74. The summed E-state index contributed by atoms with van der Waals surface area (Å²) in [5.74, 6) is -0.379. The first-order valence-electron chi connectivity index (χ1n) is 12.9. The van der Waals surface area contributed by atoms with Crippen LogP contribution in [-0.2, 0) is 9.59 Å². The lowest BCUT2D eigenvalue weighted by molar-refractivity contribution is -0.139. The molecule has 9 nitrogen and oxygen atoms in total. The number of carbonyl (C=O) groups excluding carboxylic acids is 1. The first kappa shape index (κ1) is 27.6. The van der Waals surface area contributed by atoms with Gasteiger partial charge < -0.3 is 19.9 Å². The summed E-state index contributed by atoms with van der Waals surface area (Å²) in [5.41, 5.74) is 2.59. The second kappa shape index (κ2) is 12.1. The van der Waals surface area contributed by atoms with Gasteiger partial charge in [0.2, 0.25) is 0 Å². The molecule has 2 N–H and O–H groups in total. The maximum Gasteiger partial charge on any atom is 0.341 e. The fourth-order valence-corrected chi connectivity index (χ4v) is 5.60. The van der Waals surface area contributed by atoms with Crippen LogP contribution in [0.1, 0.15) is 31.0 Å². The van der Waals surface area contributed by atoms with Crippen LogP contribution in [-0.4, -0.2) is 34.8 Å². The van der Waals surface area contributed by atoms with Crippen molar-refractivity contribution in [3.63, 3.8) is 0 Å². The number of carbonyl (C=O) groups is 2. The fourth-order valence-electron chi connectivity index (χ4n) is 4.55. The van der Waals surface area contributed by atoms with Gasteiger partial charge in [0, 0.05) is 5.69 Å². The molecule has 1 aromatic heterocycles. The van der Waals surface area contributed by atoms with Gasteiger partial charge >= 0.3 is 5.97 Å². The van der Waals surface area contributed by atoms with E-state index in [9.17, 15) is 14.4 Å². The summed E-state index contributed by atoms with van der Waals surface area (Å²) in [6.07, 6.45) is 1.70. The lowest BCUT2D eigenvalue weighted by Gasteiger charge is -2.25. The SMILES string of the molecule is CCOc1ccc([C@@H]2C(C(=O)Nc3ccccc3)=C(C)N=c3s/c(=C/c4cccc(OCC(=O)O)c4)c(=O)n32)cc1. The molecule has 5 rings (SSSR count). The van der Waals surface area contributed by atoms with Crippen molar-refractivity contribution in [3.8, 4) is 11.5 Å². The molecule has 3 aromatic carbocycles. The average Bonchev–Trinajstić information content (AvgIpc) is 3.26. The van der Waals surface area contributed by atoms with Gasteiger partial charge in [-0.1, -0.05) is 53.8 Å². The van der Waals surface area contributed by atoms with Crippen LogP contribution < -0.4 is 29.7 Å². The smallest absolute Gasteiger partial charge is 0.341 e. The number of hydrogen-bond acceptors (Lipinski definition) is 7. The number of thiazole rings is 1. The van der Waals surface area contributed by atoms with Crippen molar-refractivity contribution in [2.45, 2.75) is 19.9 Å². The number of rotatable bonds is 9. The highest BCUT2D eigenvalue weighted by Crippen LogP contribution is 2.31. The Morgan fingerprint density at radius 3 is 2.49 bits per heavy atom. The summed E-state index contributed by atoms with van der Waals surface area (Å²) in [4.78, 5) is 43.6. The Balaban J connectivity index is 1.60. The number of carboxylic acid groups (broad SMARTS) is 1. The molecule has 0 aliphatic carbocycles. The number of nitrogens with one attached hydrogen (secondary N) is 1. The van der Waals surface area contributed by atoms with Gasteiger partial charge in [0.1, 0.15) is 11.5 Å².